The quantitative estimate of drug-likeness (QED) is 0.198. The molecule has 0 radical (unpaired) electrons. The third-order valence-corrected chi connectivity index (χ3v) is 11.4. The number of ether oxygens (including phenoxy) is 1. The van der Waals surface area contributed by atoms with Crippen molar-refractivity contribution in [3.8, 4) is 16.2 Å². The Morgan fingerprint density at radius 1 is 1.13 bits per heavy atom. The van der Waals surface area contributed by atoms with Gasteiger partial charge >= 0.3 is 0 Å². The Hall–Kier alpha value is -1.71. The standard InChI is InChI=1S/C31H39N3O2S3/c1-36-25-8-5-7-23(18-25)27-19-24(6-3-2-4-13-33-14-11-32-12-15-33)28(38-27)20-29-30(35)34(31(37)39-29)26-17-21-9-10-22(26)16-21/h5,7-8,18-22,26,32H,2-4,6,9-17H2,1H3/b29-20-. The normalized spacial score (nSPS) is 26.3. The van der Waals surface area contributed by atoms with Crippen molar-refractivity contribution in [2.24, 2.45) is 11.8 Å². The van der Waals surface area contributed by atoms with Crippen molar-refractivity contribution in [1.82, 2.24) is 15.1 Å². The SMILES string of the molecule is COc1cccc(-c2cc(CCCCCN3CCNCC3)c(/C=C3\SC(=S)N(C4CC5CCC4C5)C3=O)s2)c1. The highest BCUT2D eigenvalue weighted by molar-refractivity contribution is 8.26. The molecule has 0 spiro atoms. The van der Waals surface area contributed by atoms with Crippen molar-refractivity contribution in [1.29, 1.82) is 0 Å². The first kappa shape index (κ1) is 27.5. The number of amides is 1. The van der Waals surface area contributed by atoms with Gasteiger partial charge in [0.1, 0.15) is 10.1 Å². The molecule has 208 valence electrons. The van der Waals surface area contributed by atoms with Crippen molar-refractivity contribution < 1.29 is 9.53 Å². The molecule has 5 nitrogen and oxygen atoms in total. The molecular weight excluding hydrogens is 543 g/mol. The minimum Gasteiger partial charge on any atom is -0.497 e. The zero-order valence-corrected chi connectivity index (χ0v) is 25.3. The van der Waals surface area contributed by atoms with Crippen LogP contribution in [0.4, 0.5) is 0 Å². The summed E-state index contributed by atoms with van der Waals surface area (Å²) in [5, 5.41) is 3.44. The van der Waals surface area contributed by atoms with Crippen LogP contribution in [-0.4, -0.2) is 65.9 Å². The fraction of sp³-hybridized carbons (Fsp3) is 0.548. The van der Waals surface area contributed by atoms with Crippen LogP contribution in [0.25, 0.3) is 16.5 Å². The van der Waals surface area contributed by atoms with Crippen molar-refractivity contribution in [2.45, 2.75) is 57.4 Å². The summed E-state index contributed by atoms with van der Waals surface area (Å²) in [7, 11) is 1.71. The van der Waals surface area contributed by atoms with Gasteiger partial charge in [-0.1, -0.05) is 49.0 Å². The number of carbonyl (C=O) groups is 1. The number of benzene rings is 1. The van der Waals surface area contributed by atoms with Crippen LogP contribution in [0, 0.1) is 11.8 Å². The summed E-state index contributed by atoms with van der Waals surface area (Å²) in [5.41, 5.74) is 2.50. The van der Waals surface area contributed by atoms with Crippen LogP contribution in [0.3, 0.4) is 0 Å². The van der Waals surface area contributed by atoms with Gasteiger partial charge in [-0.3, -0.25) is 9.69 Å². The van der Waals surface area contributed by atoms with Crippen LogP contribution in [0.1, 0.15) is 55.4 Å². The van der Waals surface area contributed by atoms with E-state index in [1.165, 1.54) is 78.8 Å². The van der Waals surface area contributed by atoms with Crippen molar-refractivity contribution in [3.05, 3.63) is 45.7 Å². The van der Waals surface area contributed by atoms with E-state index in [-0.39, 0.29) is 5.91 Å². The first-order valence-corrected chi connectivity index (χ1v) is 16.6. The van der Waals surface area contributed by atoms with Gasteiger partial charge in [0, 0.05) is 42.0 Å². The molecule has 2 bridgehead atoms. The molecule has 2 aliphatic heterocycles. The van der Waals surface area contributed by atoms with E-state index in [1.54, 1.807) is 18.4 Å². The molecule has 2 aliphatic carbocycles. The summed E-state index contributed by atoms with van der Waals surface area (Å²) >= 11 is 9.05. The second kappa shape index (κ2) is 12.4. The molecule has 3 unspecified atom stereocenters. The van der Waals surface area contributed by atoms with Gasteiger partial charge in [0.25, 0.3) is 5.91 Å². The lowest BCUT2D eigenvalue weighted by Gasteiger charge is -2.30. The molecule has 2 saturated carbocycles. The van der Waals surface area contributed by atoms with Gasteiger partial charge in [-0.15, -0.1) is 11.3 Å². The number of methoxy groups -OCH3 is 1. The Bertz CT molecular complexity index is 1240. The van der Waals surface area contributed by atoms with Gasteiger partial charge in [-0.2, -0.15) is 0 Å². The molecule has 8 heteroatoms. The molecule has 1 aromatic carbocycles. The number of thiocarbonyl (C=S) groups is 1. The Morgan fingerprint density at radius 2 is 2.00 bits per heavy atom. The average molecular weight is 582 g/mol. The third kappa shape index (κ3) is 6.15. The Kier molecular flexibility index (Phi) is 8.75. The average Bonchev–Trinajstić information content (AvgIpc) is 3.74. The molecule has 4 fully saturated rings. The second-order valence-corrected chi connectivity index (χ2v) is 14.2. The van der Waals surface area contributed by atoms with E-state index in [0.29, 0.717) is 12.0 Å². The topological polar surface area (TPSA) is 44.8 Å². The second-order valence-electron chi connectivity index (χ2n) is 11.4. The largest absolute Gasteiger partial charge is 0.497 e. The molecule has 3 atom stereocenters. The Morgan fingerprint density at radius 3 is 2.77 bits per heavy atom. The molecule has 1 N–H and O–H groups in total. The van der Waals surface area contributed by atoms with Gasteiger partial charge in [0.15, 0.2) is 0 Å². The Labute approximate surface area is 246 Å². The highest BCUT2D eigenvalue weighted by atomic mass is 32.2. The van der Waals surface area contributed by atoms with Crippen LogP contribution in [-0.2, 0) is 11.2 Å². The number of rotatable bonds is 10. The third-order valence-electron chi connectivity index (χ3n) is 8.94. The van der Waals surface area contributed by atoms with Gasteiger partial charge < -0.3 is 15.0 Å². The number of thioether (sulfide) groups is 1. The number of fused-ring (bicyclic) bond motifs is 2. The van der Waals surface area contributed by atoms with Crippen LogP contribution in [0.15, 0.2) is 35.2 Å². The number of unbranched alkanes of at least 4 members (excludes halogenated alkanes) is 2. The Balaban J connectivity index is 1.18. The van der Waals surface area contributed by atoms with Crippen LogP contribution >= 0.6 is 35.3 Å². The number of nitrogens with one attached hydrogen (secondary N) is 1. The van der Waals surface area contributed by atoms with Crippen LogP contribution in [0.2, 0.25) is 0 Å². The van der Waals surface area contributed by atoms with Crippen molar-refractivity contribution in [2.75, 3.05) is 39.8 Å². The molecule has 39 heavy (non-hydrogen) atoms. The first-order chi connectivity index (χ1) is 19.1. The van der Waals surface area contributed by atoms with Gasteiger partial charge in [0.05, 0.1) is 12.0 Å². The molecule has 1 aromatic heterocycles. The van der Waals surface area contributed by atoms with Crippen LogP contribution in [0.5, 0.6) is 5.75 Å². The van der Waals surface area contributed by atoms with E-state index < -0.39 is 0 Å². The molecule has 4 aliphatic rings. The fourth-order valence-electron chi connectivity index (χ4n) is 6.85. The van der Waals surface area contributed by atoms with Crippen molar-refractivity contribution >= 4 is 51.6 Å². The zero-order chi connectivity index (χ0) is 26.8. The molecule has 1 amide bonds. The smallest absolute Gasteiger partial charge is 0.266 e. The van der Waals surface area contributed by atoms with E-state index in [9.17, 15) is 4.79 Å². The number of hydrogen-bond donors (Lipinski definition) is 1. The maximum atomic E-state index is 13.6. The van der Waals surface area contributed by atoms with Gasteiger partial charge in [-0.25, -0.2) is 0 Å². The first-order valence-electron chi connectivity index (χ1n) is 14.6. The highest BCUT2D eigenvalue weighted by Gasteiger charge is 2.48. The summed E-state index contributed by atoms with van der Waals surface area (Å²) in [4.78, 5) is 21.4. The van der Waals surface area contributed by atoms with Gasteiger partial charge in [-0.05, 0) is 92.3 Å². The lowest BCUT2D eigenvalue weighted by molar-refractivity contribution is -0.124. The number of hydrogen-bond acceptors (Lipinski definition) is 7. The summed E-state index contributed by atoms with van der Waals surface area (Å²) in [6.45, 7) is 5.75. The minimum atomic E-state index is 0.126. The molecular formula is C31H39N3O2S3. The van der Waals surface area contributed by atoms with E-state index in [0.717, 1.165) is 58.8 Å². The lowest BCUT2D eigenvalue weighted by Crippen LogP contribution is -2.43. The van der Waals surface area contributed by atoms with Gasteiger partial charge in [0.2, 0.25) is 0 Å². The summed E-state index contributed by atoms with van der Waals surface area (Å²) < 4.78 is 6.24. The molecule has 2 aromatic rings. The summed E-state index contributed by atoms with van der Waals surface area (Å²) in [6.07, 6.45) is 11.8. The molecule has 3 heterocycles. The van der Waals surface area contributed by atoms with E-state index >= 15 is 0 Å². The van der Waals surface area contributed by atoms with E-state index in [2.05, 4.69) is 34.5 Å². The zero-order valence-electron chi connectivity index (χ0n) is 22.8. The van der Waals surface area contributed by atoms with E-state index in [4.69, 9.17) is 17.0 Å². The lowest BCUT2D eigenvalue weighted by atomic mass is 9.94. The molecule has 6 rings (SSSR count). The number of aryl methyl sites for hydroxylation is 1. The number of piperazine rings is 1. The predicted octanol–water partition coefficient (Wildman–Crippen LogP) is 6.43. The summed E-state index contributed by atoms with van der Waals surface area (Å²) in [6, 6.07) is 10.9. The number of nitrogens with zero attached hydrogens (tertiary/aromatic N) is 2. The number of carbonyl (C=O) groups excluding carboxylic acids is 1. The highest BCUT2D eigenvalue weighted by Crippen LogP contribution is 2.49. The summed E-state index contributed by atoms with van der Waals surface area (Å²) in [5.74, 6) is 2.41. The van der Waals surface area contributed by atoms with Crippen molar-refractivity contribution in [3.63, 3.8) is 0 Å². The van der Waals surface area contributed by atoms with Crippen LogP contribution < -0.4 is 10.1 Å². The fourth-order valence-corrected chi connectivity index (χ4v) is 9.43. The maximum Gasteiger partial charge on any atom is 0.266 e. The van der Waals surface area contributed by atoms with E-state index in [1.807, 2.05) is 17.0 Å². The minimum absolute atomic E-state index is 0.126. The maximum absolute atomic E-state index is 13.6. The monoisotopic (exact) mass is 581 g/mol. The molecule has 2 saturated heterocycles. The number of thiophene rings is 1. The predicted molar refractivity (Wildman–Crippen MR) is 167 cm³/mol.